The molecule has 1 aromatic carbocycles. The Kier molecular flexibility index (Phi) is 7.19. The third-order valence-electron chi connectivity index (χ3n) is 7.71. The van der Waals surface area contributed by atoms with Crippen LogP contribution in [0.1, 0.15) is 44.6 Å². The number of nitrogens with one attached hydrogen (secondary N) is 2. The van der Waals surface area contributed by atoms with Crippen molar-refractivity contribution in [3.8, 4) is 0 Å². The number of rotatable bonds is 8. The summed E-state index contributed by atoms with van der Waals surface area (Å²) in [7, 11) is 0. The van der Waals surface area contributed by atoms with E-state index in [9.17, 15) is 28.0 Å². The summed E-state index contributed by atoms with van der Waals surface area (Å²) in [4.78, 5) is 52.3. The van der Waals surface area contributed by atoms with Crippen LogP contribution in [0.5, 0.6) is 0 Å². The minimum Gasteiger partial charge on any atom is -0.356 e. The molecule has 2 saturated heterocycles. The SMILES string of the molecule is C[C@@](F)(C(=O)N1C[C@H]2CCC[C@H]2[C@H]1C(=O)N[C@@H](C[C@@H]1CCNC1=O)C(=O)CF)c1cccc(F)c1. The minimum absolute atomic E-state index is 0.00561. The summed E-state index contributed by atoms with van der Waals surface area (Å²) in [6.07, 6.45) is 2.71. The first-order valence-corrected chi connectivity index (χ1v) is 12.1. The van der Waals surface area contributed by atoms with E-state index in [-0.39, 0.29) is 36.3 Å². The topological polar surface area (TPSA) is 95.6 Å². The zero-order valence-electron chi connectivity index (χ0n) is 19.6. The fraction of sp³-hybridized carbons (Fsp3) is 0.600. The summed E-state index contributed by atoms with van der Waals surface area (Å²) in [5.41, 5.74) is -2.73. The molecular weight excluding hydrogens is 463 g/mol. The van der Waals surface area contributed by atoms with Crippen LogP contribution in [0.15, 0.2) is 24.3 Å². The first kappa shape index (κ1) is 25.2. The molecule has 7 nitrogen and oxygen atoms in total. The Morgan fingerprint density at radius 1 is 1.26 bits per heavy atom. The largest absolute Gasteiger partial charge is 0.356 e. The van der Waals surface area contributed by atoms with Gasteiger partial charge < -0.3 is 15.5 Å². The van der Waals surface area contributed by atoms with E-state index in [4.69, 9.17) is 0 Å². The predicted molar refractivity (Wildman–Crippen MR) is 120 cm³/mol. The average molecular weight is 494 g/mol. The van der Waals surface area contributed by atoms with Crippen molar-refractivity contribution < 1.29 is 32.3 Å². The van der Waals surface area contributed by atoms with Crippen LogP contribution in [0.4, 0.5) is 13.2 Å². The van der Waals surface area contributed by atoms with Gasteiger partial charge in [0.05, 0.1) is 6.04 Å². The lowest BCUT2D eigenvalue weighted by molar-refractivity contribution is -0.149. The number of carbonyl (C=O) groups excluding carboxylic acids is 4. The van der Waals surface area contributed by atoms with E-state index in [0.717, 1.165) is 31.9 Å². The molecule has 0 bridgehead atoms. The summed E-state index contributed by atoms with van der Waals surface area (Å²) < 4.78 is 42.8. The normalized spacial score (nSPS) is 28.2. The van der Waals surface area contributed by atoms with Gasteiger partial charge in [-0.25, -0.2) is 13.2 Å². The van der Waals surface area contributed by atoms with Crippen LogP contribution < -0.4 is 10.6 Å². The van der Waals surface area contributed by atoms with Crippen LogP contribution in [0.2, 0.25) is 0 Å². The maximum Gasteiger partial charge on any atom is 0.265 e. The molecule has 10 heteroatoms. The van der Waals surface area contributed by atoms with Gasteiger partial charge in [0.1, 0.15) is 18.5 Å². The van der Waals surface area contributed by atoms with Crippen molar-refractivity contribution in [2.45, 2.75) is 56.8 Å². The van der Waals surface area contributed by atoms with Crippen molar-refractivity contribution in [2.24, 2.45) is 17.8 Å². The molecule has 2 aliphatic heterocycles. The number of halogens is 3. The molecule has 0 radical (unpaired) electrons. The van der Waals surface area contributed by atoms with Crippen molar-refractivity contribution in [2.75, 3.05) is 19.8 Å². The number of fused-ring (bicyclic) bond motifs is 1. The van der Waals surface area contributed by atoms with Crippen LogP contribution in [-0.4, -0.2) is 60.3 Å². The van der Waals surface area contributed by atoms with Gasteiger partial charge in [-0.3, -0.25) is 19.2 Å². The summed E-state index contributed by atoms with van der Waals surface area (Å²) in [5.74, 6) is -4.17. The lowest BCUT2D eigenvalue weighted by Crippen LogP contribution is -2.55. The Balaban J connectivity index is 1.57. The Morgan fingerprint density at radius 3 is 2.69 bits per heavy atom. The Hall–Kier alpha value is -2.91. The third kappa shape index (κ3) is 4.92. The van der Waals surface area contributed by atoms with Gasteiger partial charge in [-0.15, -0.1) is 0 Å². The molecule has 0 aromatic heterocycles. The molecule has 1 saturated carbocycles. The van der Waals surface area contributed by atoms with Gasteiger partial charge in [-0.2, -0.15) is 0 Å². The van der Waals surface area contributed by atoms with E-state index in [1.807, 2.05) is 0 Å². The highest BCUT2D eigenvalue weighted by molar-refractivity contribution is 5.96. The third-order valence-corrected chi connectivity index (χ3v) is 7.71. The van der Waals surface area contributed by atoms with Crippen molar-refractivity contribution in [1.82, 2.24) is 15.5 Å². The molecule has 35 heavy (non-hydrogen) atoms. The maximum atomic E-state index is 15.8. The maximum absolute atomic E-state index is 15.8. The molecule has 1 aromatic rings. The number of hydrogen-bond donors (Lipinski definition) is 2. The number of ketones is 1. The van der Waals surface area contributed by atoms with Crippen molar-refractivity contribution in [3.05, 3.63) is 35.6 Å². The number of nitrogens with zero attached hydrogens (tertiary/aromatic N) is 1. The molecule has 3 aliphatic rings. The Labute approximate surface area is 201 Å². The fourth-order valence-electron chi connectivity index (χ4n) is 5.80. The molecule has 0 spiro atoms. The van der Waals surface area contributed by atoms with E-state index >= 15 is 4.39 Å². The van der Waals surface area contributed by atoms with E-state index < -0.39 is 53.8 Å². The second-order valence-corrected chi connectivity index (χ2v) is 9.94. The number of amides is 3. The molecule has 4 rings (SSSR count). The number of Topliss-reactive ketones (excluding diaryl/α,β-unsaturated/α-hetero) is 1. The Bertz CT molecular complexity index is 1020. The van der Waals surface area contributed by atoms with E-state index in [2.05, 4.69) is 10.6 Å². The highest BCUT2D eigenvalue weighted by atomic mass is 19.1. The van der Waals surface area contributed by atoms with Gasteiger partial charge >= 0.3 is 0 Å². The zero-order chi connectivity index (χ0) is 25.3. The first-order chi connectivity index (χ1) is 16.6. The highest BCUT2D eigenvalue weighted by Crippen LogP contribution is 2.44. The van der Waals surface area contributed by atoms with Crippen LogP contribution in [0.25, 0.3) is 0 Å². The zero-order valence-corrected chi connectivity index (χ0v) is 19.6. The van der Waals surface area contributed by atoms with Gasteiger partial charge in [0.25, 0.3) is 5.91 Å². The summed E-state index contributed by atoms with van der Waals surface area (Å²) in [6.45, 7) is 0.350. The summed E-state index contributed by atoms with van der Waals surface area (Å²) >= 11 is 0. The molecule has 190 valence electrons. The van der Waals surface area contributed by atoms with Crippen molar-refractivity contribution in [1.29, 1.82) is 0 Å². The molecule has 3 amide bonds. The second kappa shape index (κ2) is 9.99. The molecule has 0 unspecified atom stereocenters. The van der Waals surface area contributed by atoms with Crippen molar-refractivity contribution in [3.63, 3.8) is 0 Å². The number of carbonyl (C=O) groups is 4. The summed E-state index contributed by atoms with van der Waals surface area (Å²) in [6, 6.07) is 2.46. The van der Waals surface area contributed by atoms with Gasteiger partial charge in [0, 0.05) is 24.6 Å². The minimum atomic E-state index is -2.57. The van der Waals surface area contributed by atoms with Crippen molar-refractivity contribution >= 4 is 23.5 Å². The molecular formula is C25H30F3N3O4. The molecule has 1 aliphatic carbocycles. The van der Waals surface area contributed by atoms with E-state index in [1.165, 1.54) is 17.0 Å². The number of benzene rings is 1. The Morgan fingerprint density at radius 2 is 2.03 bits per heavy atom. The van der Waals surface area contributed by atoms with Gasteiger partial charge in [0.15, 0.2) is 5.78 Å². The second-order valence-electron chi connectivity index (χ2n) is 9.94. The predicted octanol–water partition coefficient (Wildman–Crippen LogP) is 2.19. The fourth-order valence-corrected chi connectivity index (χ4v) is 5.80. The molecule has 6 atom stereocenters. The van der Waals surface area contributed by atoms with E-state index in [0.29, 0.717) is 19.4 Å². The van der Waals surface area contributed by atoms with Crippen LogP contribution in [0.3, 0.4) is 0 Å². The van der Waals surface area contributed by atoms with Gasteiger partial charge in [0.2, 0.25) is 17.5 Å². The quantitative estimate of drug-likeness (QED) is 0.581. The molecule has 2 N–H and O–H groups in total. The lowest BCUT2D eigenvalue weighted by Gasteiger charge is -2.33. The first-order valence-electron chi connectivity index (χ1n) is 12.1. The number of likely N-dealkylation sites (tertiary alicyclic amines) is 1. The van der Waals surface area contributed by atoms with E-state index in [1.54, 1.807) is 0 Å². The van der Waals surface area contributed by atoms with Gasteiger partial charge in [-0.1, -0.05) is 18.6 Å². The van der Waals surface area contributed by atoms with Crippen LogP contribution in [-0.2, 0) is 24.8 Å². The standard InChI is InChI=1S/C25H30F3N3O4/c1-25(28,16-5-3-6-17(27)11-16)24(35)31-13-15-4-2-7-18(15)21(31)23(34)30-19(20(32)12-26)10-14-8-9-29-22(14)33/h3,5-6,11,14-15,18-19,21H,2,4,7-10,12-13H2,1H3,(H,29,33)(H,30,34)/t14-,15+,18+,19-,21-,25-/m0/s1. The smallest absolute Gasteiger partial charge is 0.265 e. The van der Waals surface area contributed by atoms with Crippen LogP contribution >= 0.6 is 0 Å². The highest BCUT2D eigenvalue weighted by Gasteiger charge is 2.53. The molecule has 2 heterocycles. The lowest BCUT2D eigenvalue weighted by atomic mass is 9.91. The average Bonchev–Trinajstić information content (AvgIpc) is 3.53. The monoisotopic (exact) mass is 493 g/mol. The van der Waals surface area contributed by atoms with Crippen LogP contribution in [0, 0.1) is 23.6 Å². The summed E-state index contributed by atoms with van der Waals surface area (Å²) in [5, 5.41) is 5.22. The number of alkyl halides is 2. The van der Waals surface area contributed by atoms with Gasteiger partial charge in [-0.05, 0) is 56.6 Å². The number of hydrogen-bond acceptors (Lipinski definition) is 4. The molecule has 3 fully saturated rings.